The number of rotatable bonds is 5. The maximum atomic E-state index is 12.2. The number of carbonyl (C=O) groups excluding carboxylic acids is 1. The van der Waals surface area contributed by atoms with Crippen molar-refractivity contribution in [3.63, 3.8) is 0 Å². The Morgan fingerprint density at radius 3 is 2.48 bits per heavy atom. The van der Waals surface area contributed by atoms with Crippen LogP contribution in [0.5, 0.6) is 0 Å². The van der Waals surface area contributed by atoms with Gasteiger partial charge in [0.2, 0.25) is 5.91 Å². The van der Waals surface area contributed by atoms with Crippen molar-refractivity contribution in [2.75, 3.05) is 13.1 Å². The number of amides is 1. The highest BCUT2D eigenvalue weighted by molar-refractivity contribution is 5.76. The molecule has 114 valence electrons. The van der Waals surface area contributed by atoms with E-state index in [4.69, 9.17) is 0 Å². The molecule has 1 amide bonds. The summed E-state index contributed by atoms with van der Waals surface area (Å²) >= 11 is 0. The molecule has 1 atom stereocenters. The van der Waals surface area contributed by atoms with Crippen LogP contribution in [0.3, 0.4) is 0 Å². The lowest BCUT2D eigenvalue weighted by atomic mass is 9.93. The summed E-state index contributed by atoms with van der Waals surface area (Å²) in [5.74, 6) is 0.777. The summed E-state index contributed by atoms with van der Waals surface area (Å²) in [5, 5.41) is 3.14. The van der Waals surface area contributed by atoms with Crippen LogP contribution in [0.1, 0.15) is 50.6 Å². The predicted octanol–water partition coefficient (Wildman–Crippen LogP) is 3.13. The van der Waals surface area contributed by atoms with E-state index in [9.17, 15) is 4.79 Å². The largest absolute Gasteiger partial charge is 0.350 e. The minimum Gasteiger partial charge on any atom is -0.350 e. The fourth-order valence-electron chi connectivity index (χ4n) is 3.35. The van der Waals surface area contributed by atoms with Gasteiger partial charge in [-0.05, 0) is 57.2 Å². The molecule has 0 aromatic heterocycles. The smallest absolute Gasteiger partial charge is 0.220 e. The Bertz CT molecular complexity index is 461. The van der Waals surface area contributed by atoms with Gasteiger partial charge in [-0.3, -0.25) is 4.79 Å². The molecule has 1 unspecified atom stereocenters. The lowest BCUT2D eigenvalue weighted by molar-refractivity contribution is -0.123. The molecule has 0 bridgehead atoms. The zero-order valence-corrected chi connectivity index (χ0v) is 12.9. The van der Waals surface area contributed by atoms with Gasteiger partial charge in [0.1, 0.15) is 0 Å². The molecule has 1 saturated heterocycles. The van der Waals surface area contributed by atoms with Crippen molar-refractivity contribution in [3.05, 3.63) is 35.9 Å². The lowest BCUT2D eigenvalue weighted by Crippen LogP contribution is -2.37. The summed E-state index contributed by atoms with van der Waals surface area (Å²) in [7, 11) is 0. The average molecular weight is 286 g/mol. The van der Waals surface area contributed by atoms with Crippen LogP contribution in [-0.4, -0.2) is 29.9 Å². The fraction of sp³-hybridized carbons (Fsp3) is 0.611. The van der Waals surface area contributed by atoms with Gasteiger partial charge in [0, 0.05) is 12.5 Å². The average Bonchev–Trinajstić information content (AvgIpc) is 3.33. The van der Waals surface area contributed by atoms with Crippen LogP contribution in [0, 0.1) is 5.92 Å². The third kappa shape index (κ3) is 4.07. The van der Waals surface area contributed by atoms with E-state index in [0.29, 0.717) is 12.3 Å². The molecular weight excluding hydrogens is 260 g/mol. The molecule has 1 aliphatic heterocycles. The van der Waals surface area contributed by atoms with Gasteiger partial charge >= 0.3 is 0 Å². The van der Waals surface area contributed by atoms with E-state index in [1.54, 1.807) is 0 Å². The third-order valence-corrected chi connectivity index (χ3v) is 4.86. The molecule has 2 fully saturated rings. The molecule has 0 radical (unpaired) electrons. The quantitative estimate of drug-likeness (QED) is 0.902. The van der Waals surface area contributed by atoms with Crippen LogP contribution in [-0.2, 0) is 4.79 Å². The number of piperidine rings is 1. The van der Waals surface area contributed by atoms with Gasteiger partial charge in [0.15, 0.2) is 0 Å². The number of likely N-dealkylation sites (tertiary alicyclic amines) is 1. The highest BCUT2D eigenvalue weighted by Gasteiger charge is 2.32. The van der Waals surface area contributed by atoms with Crippen LogP contribution in [0.2, 0.25) is 0 Å². The maximum Gasteiger partial charge on any atom is 0.220 e. The molecular formula is C18H26N2O. The van der Waals surface area contributed by atoms with E-state index in [0.717, 1.165) is 6.04 Å². The second-order valence-electron chi connectivity index (χ2n) is 6.61. The van der Waals surface area contributed by atoms with Gasteiger partial charge in [-0.25, -0.2) is 0 Å². The maximum absolute atomic E-state index is 12.2. The second-order valence-corrected chi connectivity index (χ2v) is 6.61. The molecule has 3 heteroatoms. The van der Waals surface area contributed by atoms with Gasteiger partial charge in [-0.1, -0.05) is 30.3 Å². The molecule has 1 saturated carbocycles. The summed E-state index contributed by atoms with van der Waals surface area (Å²) in [5.41, 5.74) is 1.18. The third-order valence-electron chi connectivity index (χ3n) is 4.86. The standard InChI is InChI=1S/C18H26N2O/c1-14(16-5-3-2-4-6-16)19-18(21)13-15-9-11-20(12-10-15)17-7-8-17/h2-6,14-15,17H,7-13H2,1H3,(H,19,21). The van der Waals surface area contributed by atoms with Crippen molar-refractivity contribution >= 4 is 5.91 Å². The monoisotopic (exact) mass is 286 g/mol. The molecule has 3 rings (SSSR count). The van der Waals surface area contributed by atoms with Crippen LogP contribution in [0.25, 0.3) is 0 Å². The summed E-state index contributed by atoms with van der Waals surface area (Å²) in [6.45, 7) is 4.44. The van der Waals surface area contributed by atoms with Crippen molar-refractivity contribution in [1.82, 2.24) is 10.2 Å². The number of nitrogens with zero attached hydrogens (tertiary/aromatic N) is 1. The fourth-order valence-corrected chi connectivity index (χ4v) is 3.35. The van der Waals surface area contributed by atoms with Gasteiger partial charge in [-0.2, -0.15) is 0 Å². The topological polar surface area (TPSA) is 32.3 Å². The normalized spacial score (nSPS) is 22.0. The Morgan fingerprint density at radius 1 is 1.19 bits per heavy atom. The van der Waals surface area contributed by atoms with Crippen LogP contribution in [0.15, 0.2) is 30.3 Å². The van der Waals surface area contributed by atoms with E-state index in [-0.39, 0.29) is 11.9 Å². The van der Waals surface area contributed by atoms with Crippen molar-refractivity contribution in [3.8, 4) is 0 Å². The summed E-state index contributed by atoms with van der Waals surface area (Å²) in [6, 6.07) is 11.2. The first-order valence-corrected chi connectivity index (χ1v) is 8.30. The number of nitrogens with one attached hydrogen (secondary N) is 1. The zero-order chi connectivity index (χ0) is 14.7. The van der Waals surface area contributed by atoms with Gasteiger partial charge in [0.05, 0.1) is 6.04 Å². The molecule has 3 nitrogen and oxygen atoms in total. The zero-order valence-electron chi connectivity index (χ0n) is 12.9. The number of carbonyl (C=O) groups is 1. The highest BCUT2D eigenvalue weighted by Crippen LogP contribution is 2.31. The molecule has 1 aromatic rings. The molecule has 21 heavy (non-hydrogen) atoms. The van der Waals surface area contributed by atoms with Crippen LogP contribution in [0.4, 0.5) is 0 Å². The first kappa shape index (κ1) is 14.6. The second kappa shape index (κ2) is 6.61. The molecule has 0 spiro atoms. The van der Waals surface area contributed by atoms with Crippen molar-refractivity contribution in [1.29, 1.82) is 0 Å². The van der Waals surface area contributed by atoms with Crippen molar-refractivity contribution < 1.29 is 4.79 Å². The Morgan fingerprint density at radius 2 is 1.86 bits per heavy atom. The first-order valence-electron chi connectivity index (χ1n) is 8.30. The Labute approximate surface area is 127 Å². The van der Waals surface area contributed by atoms with Crippen LogP contribution < -0.4 is 5.32 Å². The van der Waals surface area contributed by atoms with Crippen molar-refractivity contribution in [2.45, 2.75) is 51.1 Å². The highest BCUT2D eigenvalue weighted by atomic mass is 16.1. The van der Waals surface area contributed by atoms with Gasteiger partial charge < -0.3 is 10.2 Å². The van der Waals surface area contributed by atoms with E-state index in [1.165, 1.54) is 44.3 Å². The Hall–Kier alpha value is -1.35. The number of benzene rings is 1. The SMILES string of the molecule is CC(NC(=O)CC1CCN(C2CC2)CC1)c1ccccc1. The predicted molar refractivity (Wildman–Crippen MR) is 84.9 cm³/mol. The molecule has 1 aliphatic carbocycles. The summed E-state index contributed by atoms with van der Waals surface area (Å²) < 4.78 is 0. The van der Waals surface area contributed by atoms with Crippen LogP contribution >= 0.6 is 0 Å². The molecule has 1 aromatic carbocycles. The molecule has 1 N–H and O–H groups in total. The van der Waals surface area contributed by atoms with E-state index in [2.05, 4.69) is 29.3 Å². The Kier molecular flexibility index (Phi) is 4.59. The van der Waals surface area contributed by atoms with E-state index in [1.807, 2.05) is 18.2 Å². The summed E-state index contributed by atoms with van der Waals surface area (Å²) in [6.07, 6.45) is 5.84. The van der Waals surface area contributed by atoms with E-state index < -0.39 is 0 Å². The number of hydrogen-bond donors (Lipinski definition) is 1. The Balaban J connectivity index is 1.42. The van der Waals surface area contributed by atoms with Gasteiger partial charge in [0.25, 0.3) is 0 Å². The molecule has 2 aliphatic rings. The summed E-state index contributed by atoms with van der Waals surface area (Å²) in [4.78, 5) is 14.8. The first-order chi connectivity index (χ1) is 10.2. The number of hydrogen-bond acceptors (Lipinski definition) is 2. The van der Waals surface area contributed by atoms with Gasteiger partial charge in [-0.15, -0.1) is 0 Å². The van der Waals surface area contributed by atoms with E-state index >= 15 is 0 Å². The molecule has 1 heterocycles. The minimum atomic E-state index is 0.102. The van der Waals surface area contributed by atoms with Crippen molar-refractivity contribution in [2.24, 2.45) is 5.92 Å². The lowest BCUT2D eigenvalue weighted by Gasteiger charge is -2.31. The minimum absolute atomic E-state index is 0.102.